The number of rotatable bonds is 2. The van der Waals surface area contributed by atoms with Crippen molar-refractivity contribution in [2.24, 2.45) is 0 Å². The van der Waals surface area contributed by atoms with Crippen LogP contribution in [0.2, 0.25) is 0 Å². The van der Waals surface area contributed by atoms with Crippen molar-refractivity contribution in [1.82, 2.24) is 19.7 Å². The second kappa shape index (κ2) is 5.95. The molecule has 1 saturated heterocycles. The van der Waals surface area contributed by atoms with Gasteiger partial charge in [0, 0.05) is 34.2 Å². The van der Waals surface area contributed by atoms with Gasteiger partial charge in [0.15, 0.2) is 0 Å². The summed E-state index contributed by atoms with van der Waals surface area (Å²) in [5, 5.41) is 7.05. The van der Waals surface area contributed by atoms with Crippen molar-refractivity contribution < 1.29 is 4.39 Å². The Morgan fingerprint density at radius 3 is 2.81 bits per heavy atom. The van der Waals surface area contributed by atoms with Gasteiger partial charge < -0.3 is 9.88 Å². The summed E-state index contributed by atoms with van der Waals surface area (Å²) in [5.74, 6) is -0.224. The van der Waals surface area contributed by atoms with Crippen LogP contribution in [0.5, 0.6) is 0 Å². The normalized spacial score (nSPS) is 16.7. The van der Waals surface area contributed by atoms with Gasteiger partial charge in [-0.3, -0.25) is 4.68 Å². The highest BCUT2D eigenvalue weighted by Crippen LogP contribution is 2.31. The maximum absolute atomic E-state index is 13.4. The van der Waals surface area contributed by atoms with Crippen LogP contribution in [0.3, 0.4) is 0 Å². The fourth-order valence-electron chi connectivity index (χ4n) is 3.99. The highest BCUT2D eigenvalue weighted by Gasteiger charge is 2.19. The molecule has 1 N–H and O–H groups in total. The topological polar surface area (TPSA) is 36.9 Å². The van der Waals surface area contributed by atoms with Crippen molar-refractivity contribution in [2.75, 3.05) is 20.1 Å². The summed E-state index contributed by atoms with van der Waals surface area (Å²) in [5.41, 5.74) is 4.01. The number of benzene rings is 2. The molecule has 0 unspecified atom stereocenters. The van der Waals surface area contributed by atoms with Gasteiger partial charge in [0.25, 0.3) is 0 Å². The highest BCUT2D eigenvalue weighted by molar-refractivity contribution is 5.97. The second-order valence-corrected chi connectivity index (χ2v) is 7.31. The van der Waals surface area contributed by atoms with Gasteiger partial charge in [0.05, 0.1) is 11.6 Å². The number of likely N-dealkylation sites (tertiary alicyclic amines) is 1. The Balaban J connectivity index is 1.53. The third-order valence-corrected chi connectivity index (χ3v) is 5.54. The lowest BCUT2D eigenvalue weighted by atomic mass is 10.0. The number of nitrogens with zero attached hydrogens (tertiary/aromatic N) is 3. The highest BCUT2D eigenvalue weighted by atomic mass is 19.1. The molecule has 0 saturated carbocycles. The number of H-pyrrole nitrogens is 1. The minimum Gasteiger partial charge on any atom is -0.360 e. The molecule has 0 aliphatic carbocycles. The maximum Gasteiger partial charge on any atom is 0.125 e. The number of hydrogen-bond donors (Lipinski definition) is 1. The molecule has 3 heterocycles. The first-order valence-electron chi connectivity index (χ1n) is 9.12. The molecule has 2 aromatic heterocycles. The Labute approximate surface area is 151 Å². The van der Waals surface area contributed by atoms with E-state index in [9.17, 15) is 4.39 Å². The molecule has 2 aromatic carbocycles. The molecule has 4 aromatic rings. The van der Waals surface area contributed by atoms with Gasteiger partial charge in [-0.1, -0.05) is 12.1 Å². The lowest BCUT2D eigenvalue weighted by molar-refractivity contribution is 0.213. The van der Waals surface area contributed by atoms with Gasteiger partial charge in [-0.25, -0.2) is 4.39 Å². The summed E-state index contributed by atoms with van der Waals surface area (Å²) in [6.07, 6.45) is 6.40. The molecule has 5 heteroatoms. The monoisotopic (exact) mass is 348 g/mol. The molecule has 4 nitrogen and oxygen atoms in total. The van der Waals surface area contributed by atoms with Crippen molar-refractivity contribution in [3.05, 3.63) is 54.6 Å². The van der Waals surface area contributed by atoms with Crippen LogP contribution in [0.25, 0.3) is 32.9 Å². The lowest BCUT2D eigenvalue weighted by Gasteiger charge is -2.28. The second-order valence-electron chi connectivity index (χ2n) is 7.31. The molecule has 0 atom stereocenters. The third-order valence-electron chi connectivity index (χ3n) is 5.54. The zero-order valence-corrected chi connectivity index (χ0v) is 14.7. The molecule has 1 aliphatic rings. The standard InChI is InChI=1S/C21H21FN4/c1-25-8-6-17(7-9-25)26-13-15-3-2-14(10-20(15)24-26)19-12-23-21-11-16(22)4-5-18(19)21/h2-5,10-13,17,23H,6-9H2,1H3. The van der Waals surface area contributed by atoms with E-state index in [0.717, 1.165) is 53.5 Å². The van der Waals surface area contributed by atoms with Crippen LogP contribution in [0.4, 0.5) is 4.39 Å². The van der Waals surface area contributed by atoms with Crippen molar-refractivity contribution in [3.63, 3.8) is 0 Å². The number of halogens is 1. The summed E-state index contributed by atoms with van der Waals surface area (Å²) in [6, 6.07) is 11.7. The molecule has 26 heavy (non-hydrogen) atoms. The zero-order chi connectivity index (χ0) is 17.7. The summed E-state index contributed by atoms with van der Waals surface area (Å²) < 4.78 is 15.6. The van der Waals surface area contributed by atoms with Gasteiger partial charge in [0.2, 0.25) is 0 Å². The summed E-state index contributed by atoms with van der Waals surface area (Å²) in [6.45, 7) is 2.25. The van der Waals surface area contributed by atoms with Gasteiger partial charge in [0.1, 0.15) is 5.82 Å². The quantitative estimate of drug-likeness (QED) is 0.575. The number of aromatic amines is 1. The van der Waals surface area contributed by atoms with Crippen molar-refractivity contribution in [1.29, 1.82) is 0 Å². The van der Waals surface area contributed by atoms with Crippen LogP contribution >= 0.6 is 0 Å². The predicted octanol–water partition coefficient (Wildman–Crippen LogP) is 4.59. The van der Waals surface area contributed by atoms with Crippen LogP contribution in [-0.2, 0) is 0 Å². The zero-order valence-electron chi connectivity index (χ0n) is 14.7. The Kier molecular flexibility index (Phi) is 3.57. The van der Waals surface area contributed by atoms with E-state index in [1.807, 2.05) is 12.3 Å². The number of aromatic nitrogens is 3. The van der Waals surface area contributed by atoms with Gasteiger partial charge in [-0.15, -0.1) is 0 Å². The molecule has 1 fully saturated rings. The first-order chi connectivity index (χ1) is 12.7. The number of fused-ring (bicyclic) bond motifs is 2. The fourth-order valence-corrected chi connectivity index (χ4v) is 3.99. The van der Waals surface area contributed by atoms with Crippen LogP contribution in [0.1, 0.15) is 18.9 Å². The van der Waals surface area contributed by atoms with E-state index < -0.39 is 0 Å². The summed E-state index contributed by atoms with van der Waals surface area (Å²) >= 11 is 0. The number of piperidine rings is 1. The first-order valence-corrected chi connectivity index (χ1v) is 9.12. The first kappa shape index (κ1) is 15.6. The molecule has 0 spiro atoms. The van der Waals surface area contributed by atoms with E-state index in [2.05, 4.69) is 46.0 Å². The van der Waals surface area contributed by atoms with Crippen molar-refractivity contribution in [2.45, 2.75) is 18.9 Å². The van der Waals surface area contributed by atoms with Gasteiger partial charge in [-0.2, -0.15) is 5.10 Å². The predicted molar refractivity (Wildman–Crippen MR) is 103 cm³/mol. The fraction of sp³-hybridized carbons (Fsp3) is 0.286. The summed E-state index contributed by atoms with van der Waals surface area (Å²) in [7, 11) is 2.18. The Bertz CT molecular complexity index is 1090. The van der Waals surface area contributed by atoms with E-state index in [-0.39, 0.29) is 5.82 Å². The van der Waals surface area contributed by atoms with E-state index >= 15 is 0 Å². The Morgan fingerprint density at radius 1 is 1.12 bits per heavy atom. The van der Waals surface area contributed by atoms with Crippen LogP contribution in [0.15, 0.2) is 48.8 Å². The average molecular weight is 348 g/mol. The molecular formula is C21H21FN4. The molecular weight excluding hydrogens is 327 g/mol. The summed E-state index contributed by atoms with van der Waals surface area (Å²) in [4.78, 5) is 5.54. The molecule has 0 bridgehead atoms. The van der Waals surface area contributed by atoms with E-state index in [1.165, 1.54) is 17.5 Å². The molecule has 1 aliphatic heterocycles. The van der Waals surface area contributed by atoms with E-state index in [1.54, 1.807) is 0 Å². The smallest absolute Gasteiger partial charge is 0.125 e. The van der Waals surface area contributed by atoms with Crippen molar-refractivity contribution >= 4 is 21.8 Å². The van der Waals surface area contributed by atoms with E-state index in [0.29, 0.717) is 6.04 Å². The van der Waals surface area contributed by atoms with Crippen molar-refractivity contribution in [3.8, 4) is 11.1 Å². The molecule has 0 amide bonds. The number of hydrogen-bond acceptors (Lipinski definition) is 2. The minimum atomic E-state index is -0.224. The van der Waals surface area contributed by atoms with Gasteiger partial charge in [-0.05, 0) is 62.8 Å². The third kappa shape index (κ3) is 2.59. The lowest BCUT2D eigenvalue weighted by Crippen LogP contribution is -2.31. The Morgan fingerprint density at radius 2 is 1.96 bits per heavy atom. The average Bonchev–Trinajstić information content (AvgIpc) is 3.25. The Hall–Kier alpha value is -2.66. The largest absolute Gasteiger partial charge is 0.360 e. The SMILES string of the molecule is CN1CCC(n2cc3ccc(-c4c[nH]c5cc(F)ccc45)cc3n2)CC1. The molecule has 0 radical (unpaired) electrons. The van der Waals surface area contributed by atoms with E-state index in [4.69, 9.17) is 5.10 Å². The molecule has 5 rings (SSSR count). The van der Waals surface area contributed by atoms with Crippen LogP contribution in [0, 0.1) is 5.82 Å². The molecule has 132 valence electrons. The maximum atomic E-state index is 13.4. The van der Waals surface area contributed by atoms with Crippen LogP contribution in [-0.4, -0.2) is 39.8 Å². The van der Waals surface area contributed by atoms with Gasteiger partial charge >= 0.3 is 0 Å². The number of nitrogens with one attached hydrogen (secondary N) is 1. The minimum absolute atomic E-state index is 0.224. The van der Waals surface area contributed by atoms with Crippen LogP contribution < -0.4 is 0 Å².